The maximum absolute atomic E-state index is 13.1. The molecule has 8 saturated heterocycles. The van der Waals surface area contributed by atoms with Gasteiger partial charge in [-0.15, -0.1) is 26.3 Å². The van der Waals surface area contributed by atoms with Crippen molar-refractivity contribution in [1.82, 2.24) is 54.8 Å². The maximum Gasteiger partial charge on any atom is 0.336 e. The van der Waals surface area contributed by atoms with Crippen molar-refractivity contribution < 1.29 is 66.3 Å². The Labute approximate surface area is 670 Å². The first-order valence-corrected chi connectivity index (χ1v) is 40.9. The van der Waals surface area contributed by atoms with Gasteiger partial charge in [0.15, 0.2) is 0 Å². The zero-order chi connectivity index (χ0) is 83.0. The summed E-state index contributed by atoms with van der Waals surface area (Å²) in [6.45, 7) is 30.3. The summed E-state index contributed by atoms with van der Waals surface area (Å²) >= 11 is 0. The molecule has 0 spiro atoms. The van der Waals surface area contributed by atoms with E-state index >= 15 is 0 Å². The van der Waals surface area contributed by atoms with Crippen molar-refractivity contribution in [2.24, 2.45) is 0 Å². The van der Waals surface area contributed by atoms with Crippen LogP contribution in [0.5, 0.6) is 0 Å². The maximum atomic E-state index is 13.1. The van der Waals surface area contributed by atoms with E-state index in [9.17, 15) is 57.5 Å². The van der Waals surface area contributed by atoms with Gasteiger partial charge in [0.05, 0.1) is 194 Å². The first-order valence-electron chi connectivity index (χ1n) is 40.9. The molecule has 0 aliphatic carbocycles. The third kappa shape index (κ3) is 30.8. The highest BCUT2D eigenvalue weighted by Crippen LogP contribution is 2.20. The number of epoxide rings is 8. The first kappa shape index (κ1) is 91.9. The Bertz CT molecular complexity index is 4210. The predicted octanol–water partition coefficient (Wildman–Crippen LogP) is -0.262. The second-order valence-corrected chi connectivity index (χ2v) is 30.0. The minimum atomic E-state index is -0.691. The van der Waals surface area contributed by atoms with E-state index in [1.165, 1.54) is 27.4 Å². The molecule has 0 aromatic carbocycles. The van der Waals surface area contributed by atoms with Crippen LogP contribution in [0, 0.1) is 0 Å². The van der Waals surface area contributed by atoms with Crippen molar-refractivity contribution in [2.75, 3.05) is 112 Å². The number of rotatable bonds is 57. The third-order valence-electron chi connectivity index (χ3n) is 19.9. The Hall–Kier alpha value is -7.96. The molecular weight excluding hydrogens is 1520 g/mol. The second kappa shape index (κ2) is 47.6. The molecule has 0 amide bonds. The summed E-state index contributed by atoms with van der Waals surface area (Å²) in [6.07, 6.45) is 18.9. The minimum Gasteiger partial charge on any atom is -0.377 e. The zero-order valence-electron chi connectivity index (χ0n) is 67.6. The average Bonchev–Trinajstić information content (AvgIpc) is 1.85. The van der Waals surface area contributed by atoms with E-state index < -0.39 is 86.6 Å². The van der Waals surface area contributed by atoms with Crippen LogP contribution < -0.4 is 68.3 Å². The van der Waals surface area contributed by atoms with Crippen LogP contribution in [0.15, 0.2) is 108 Å². The molecule has 648 valence electrons. The van der Waals surface area contributed by atoms with Crippen molar-refractivity contribution in [2.45, 2.75) is 263 Å². The number of aromatic nitrogens is 12. The lowest BCUT2D eigenvalue weighted by molar-refractivity contribution is 0.0350. The third-order valence-corrected chi connectivity index (χ3v) is 19.9. The van der Waals surface area contributed by atoms with Gasteiger partial charge in [0, 0.05) is 39.3 Å². The quantitative estimate of drug-likeness (QED) is 0.0312. The van der Waals surface area contributed by atoms with Crippen molar-refractivity contribution in [3.8, 4) is 0 Å². The van der Waals surface area contributed by atoms with E-state index in [4.69, 9.17) is 66.3 Å². The van der Waals surface area contributed by atoms with Gasteiger partial charge in [-0.25, -0.2) is 112 Å². The van der Waals surface area contributed by atoms with Crippen LogP contribution in [-0.2, 0) is 145 Å². The molecule has 8 fully saturated rings. The van der Waals surface area contributed by atoms with E-state index in [1.54, 1.807) is 39.0 Å². The smallest absolute Gasteiger partial charge is 0.336 e. The Kier molecular flexibility index (Phi) is 37.7. The van der Waals surface area contributed by atoms with E-state index in [0.717, 1.165) is 118 Å². The molecule has 8 aliphatic heterocycles. The fourth-order valence-corrected chi connectivity index (χ4v) is 12.5. The number of hydrogen-bond donors (Lipinski definition) is 0. The lowest BCUT2D eigenvalue weighted by Crippen LogP contribution is -2.57. The summed E-state index contributed by atoms with van der Waals surface area (Å²) in [5.74, 6) is 0. The normalized spacial score (nSPS) is 20.9. The van der Waals surface area contributed by atoms with Crippen molar-refractivity contribution in [3.05, 3.63) is 176 Å². The highest BCUT2D eigenvalue weighted by atomic mass is 16.6. The van der Waals surface area contributed by atoms with Crippen LogP contribution in [0.25, 0.3) is 0 Å². The summed E-state index contributed by atoms with van der Waals surface area (Å²) in [6, 6.07) is 0. The molecule has 116 heavy (non-hydrogen) atoms. The van der Waals surface area contributed by atoms with Gasteiger partial charge in [-0.2, -0.15) is 0 Å². The molecule has 0 radical (unpaired) electrons. The van der Waals surface area contributed by atoms with E-state index in [0.29, 0.717) is 143 Å². The van der Waals surface area contributed by atoms with E-state index in [-0.39, 0.29) is 102 Å². The van der Waals surface area contributed by atoms with Crippen molar-refractivity contribution >= 4 is 0 Å². The number of nitrogens with zero attached hydrogens (tertiary/aromatic N) is 12. The molecule has 11 atom stereocenters. The zero-order valence-corrected chi connectivity index (χ0v) is 67.6. The molecule has 38 nitrogen and oxygen atoms in total. The highest BCUT2D eigenvalue weighted by molar-refractivity contribution is 4.88. The Morgan fingerprint density at radius 2 is 0.517 bits per heavy atom. The van der Waals surface area contributed by atoms with Crippen LogP contribution in [0.1, 0.15) is 117 Å². The fourth-order valence-electron chi connectivity index (χ4n) is 12.5. The van der Waals surface area contributed by atoms with Gasteiger partial charge in [0.25, 0.3) is 0 Å². The SMILES string of the molecule is C=CCCCCn1c(=O)n(CCCCC2CO2)c(=O)n(CCCCC2CO2)c1=O.C=CCCCn1c(=O)n(CCCC2CO2)c(=O)n(CCCC2CO2)c1=O.C=CCOC(C)Cn1c(=O)n(CC(C)OCC2CO2)c(=O)n(CC(C)OCC2CO2)c1=O.C=CCOCCn1c(=O)n(CCOCC2CO2)c(=O)n(CCOCC2CO2)c1=O. The van der Waals surface area contributed by atoms with Gasteiger partial charge < -0.3 is 66.3 Å². The van der Waals surface area contributed by atoms with E-state index in [2.05, 4.69) is 26.3 Å². The summed E-state index contributed by atoms with van der Waals surface area (Å²) in [7, 11) is 0. The molecule has 0 N–H and O–H groups in total. The Morgan fingerprint density at radius 3 is 0.819 bits per heavy atom. The van der Waals surface area contributed by atoms with Crippen LogP contribution in [0.3, 0.4) is 0 Å². The molecule has 11 unspecified atom stereocenters. The number of unbranched alkanes of at least 4 members (excludes halogenated alkanes) is 5. The summed E-state index contributed by atoms with van der Waals surface area (Å²) in [4.78, 5) is 154. The number of hydrogen-bond acceptors (Lipinski definition) is 26. The standard InChI is InChI=1S/C21H33N3O8.C21H33N3O5.C18H27N3O8.C18H27N3O5/c1-5-6-28-14(2)7-22-19(25)23(8-15(3)29-10-17-12-31-17)21(27)24(20(22)26)9-16(4)30-11-18-13-32-18;1-2-3-4-7-12-22-19(25)23(13-8-5-10-17-15-28-17)21(27)24(20(22)26)14-9-6-11-18-16-29-18;1-2-6-25-7-3-19-16(22)20(4-8-26-10-14-12-28-14)18(24)21(17(19)23)5-9-27-11-15-13-29-15;1-2-3-4-9-19-16(22)20(10-5-7-14-12-25-14)18(24)21(17(19)23)11-6-8-15-13-26-15/h5,14-18H,1,6-13H2,2-4H3;2,17-18H,1,3-16H2;2,14-15H,1,3-13H2;2,14-15H,1,3-13H2. The van der Waals surface area contributed by atoms with Crippen LogP contribution >= 0.6 is 0 Å². The predicted molar refractivity (Wildman–Crippen MR) is 424 cm³/mol. The molecule has 12 heterocycles. The topological polar surface area (TPSA) is 420 Å². The average molecular weight is 1640 g/mol. The lowest BCUT2D eigenvalue weighted by Gasteiger charge is -2.20. The molecule has 0 bridgehead atoms. The lowest BCUT2D eigenvalue weighted by atomic mass is 10.2. The molecule has 12 rings (SSSR count). The monoisotopic (exact) mass is 1640 g/mol. The summed E-state index contributed by atoms with van der Waals surface area (Å²) < 4.78 is 87.6. The Balaban J connectivity index is 0.000000177. The molecule has 4 aromatic rings. The number of allylic oxidation sites excluding steroid dienone is 2. The van der Waals surface area contributed by atoms with Crippen molar-refractivity contribution in [3.63, 3.8) is 0 Å². The summed E-state index contributed by atoms with van der Waals surface area (Å²) in [5, 5.41) is 0. The highest BCUT2D eigenvalue weighted by Gasteiger charge is 2.31. The van der Waals surface area contributed by atoms with Gasteiger partial charge in [0.1, 0.15) is 24.4 Å². The van der Waals surface area contributed by atoms with Crippen LogP contribution in [0.4, 0.5) is 0 Å². The van der Waals surface area contributed by atoms with Gasteiger partial charge in [-0.05, 0) is 117 Å². The second-order valence-electron chi connectivity index (χ2n) is 30.0. The van der Waals surface area contributed by atoms with Crippen molar-refractivity contribution in [1.29, 1.82) is 0 Å². The van der Waals surface area contributed by atoms with Gasteiger partial charge >= 0.3 is 68.3 Å². The molecule has 8 aliphatic rings. The van der Waals surface area contributed by atoms with Gasteiger partial charge in [-0.1, -0.05) is 24.3 Å². The Morgan fingerprint density at radius 1 is 0.276 bits per heavy atom. The molecule has 0 saturated carbocycles. The first-order chi connectivity index (χ1) is 56.1. The van der Waals surface area contributed by atoms with Gasteiger partial charge in [-0.3, -0.25) is 0 Å². The molecule has 38 heteroatoms. The van der Waals surface area contributed by atoms with Crippen LogP contribution in [-0.4, -0.2) is 234 Å². The minimum absolute atomic E-state index is 0.00207. The molecular formula is C78H120N12O26. The van der Waals surface area contributed by atoms with Crippen LogP contribution in [0.2, 0.25) is 0 Å². The van der Waals surface area contributed by atoms with E-state index in [1.807, 2.05) is 6.08 Å². The summed E-state index contributed by atoms with van der Waals surface area (Å²) in [5.41, 5.74) is -7.09. The largest absolute Gasteiger partial charge is 0.377 e. The molecule has 4 aromatic heterocycles. The van der Waals surface area contributed by atoms with Gasteiger partial charge in [0.2, 0.25) is 0 Å². The fraction of sp³-hybridized carbons (Fsp3) is 0.744. The number of ether oxygens (including phenoxy) is 14.